The molecule has 0 amide bonds. The molecule has 0 saturated carbocycles. The molecule has 0 unspecified atom stereocenters. The third-order valence-corrected chi connectivity index (χ3v) is 8.85. The second kappa shape index (κ2) is 6.91. The lowest BCUT2D eigenvalue weighted by atomic mass is 10.0. The van der Waals surface area contributed by atoms with Gasteiger partial charge in [-0.1, -0.05) is 25.9 Å². The Bertz CT molecular complexity index is 364. The molecule has 0 radical (unpaired) electrons. The van der Waals surface area contributed by atoms with Gasteiger partial charge in [-0.15, -0.1) is 0 Å². The highest BCUT2D eigenvalue weighted by Gasteiger charge is 2.39. The highest BCUT2D eigenvalue weighted by Crippen LogP contribution is 2.37. The number of hydrogen-bond acceptors (Lipinski definition) is 4. The van der Waals surface area contributed by atoms with Crippen molar-refractivity contribution in [2.45, 2.75) is 63.6 Å². The van der Waals surface area contributed by atoms with Gasteiger partial charge in [0.25, 0.3) is 0 Å². The Morgan fingerprint density at radius 2 is 2.05 bits per heavy atom. The van der Waals surface area contributed by atoms with E-state index < -0.39 is 8.32 Å². The number of methoxy groups -OCH3 is 1. The monoisotopic (exact) mass is 301 g/mol. The van der Waals surface area contributed by atoms with Crippen LogP contribution in [0.5, 0.6) is 0 Å². The zero-order valence-electron chi connectivity index (χ0n) is 13.4. The molecule has 0 aliphatic carbocycles. The van der Waals surface area contributed by atoms with Gasteiger partial charge in [0, 0.05) is 12.0 Å². The van der Waals surface area contributed by atoms with Crippen molar-refractivity contribution in [3.8, 4) is 0 Å². The van der Waals surface area contributed by atoms with Crippen LogP contribution in [-0.2, 0) is 13.9 Å². The minimum Gasteiger partial charge on any atom is -0.414 e. The van der Waals surface area contributed by atoms with Gasteiger partial charge in [-0.3, -0.25) is 0 Å². The van der Waals surface area contributed by atoms with E-state index in [0.717, 1.165) is 0 Å². The largest absolute Gasteiger partial charge is 0.414 e. The zero-order chi connectivity index (χ0) is 15.4. The molecule has 0 aromatic heterocycles. The fourth-order valence-electron chi connectivity index (χ4n) is 1.89. The molecule has 116 valence electrons. The molecule has 0 aromatic rings. The summed E-state index contributed by atoms with van der Waals surface area (Å²) in [7, 11) is -0.122. The lowest BCUT2D eigenvalue weighted by Crippen LogP contribution is -2.48. The molecule has 3 atom stereocenters. The normalized spacial score (nSPS) is 28.0. The van der Waals surface area contributed by atoms with Crippen molar-refractivity contribution in [3.05, 3.63) is 10.4 Å². The maximum Gasteiger partial charge on any atom is 0.192 e. The standard InChI is InChI=1S/C13H27N3O3Si/c1-13(2,3)20(5,6)19-9-12-11(17-4)7-10(8-18-12)15-16-14/h10-12H,7-9H2,1-6H3/t10-,11-,12-/m1/s1. The third-order valence-electron chi connectivity index (χ3n) is 4.35. The average Bonchev–Trinajstić information content (AvgIpc) is 2.36. The van der Waals surface area contributed by atoms with E-state index in [2.05, 4.69) is 43.9 Å². The van der Waals surface area contributed by atoms with Crippen LogP contribution < -0.4 is 0 Å². The van der Waals surface area contributed by atoms with Gasteiger partial charge in [0.15, 0.2) is 8.32 Å². The van der Waals surface area contributed by atoms with Crippen molar-refractivity contribution in [1.29, 1.82) is 0 Å². The summed E-state index contributed by atoms with van der Waals surface area (Å²) in [5.41, 5.74) is 8.49. The fourth-order valence-corrected chi connectivity index (χ4v) is 2.91. The first-order valence-corrected chi connectivity index (χ1v) is 9.94. The summed E-state index contributed by atoms with van der Waals surface area (Å²) < 4.78 is 17.4. The summed E-state index contributed by atoms with van der Waals surface area (Å²) in [4.78, 5) is 2.84. The van der Waals surface area contributed by atoms with Crippen LogP contribution in [0.15, 0.2) is 5.11 Å². The van der Waals surface area contributed by atoms with Crippen LogP contribution in [0.1, 0.15) is 27.2 Å². The van der Waals surface area contributed by atoms with Crippen molar-refractivity contribution in [1.82, 2.24) is 0 Å². The van der Waals surface area contributed by atoms with Gasteiger partial charge in [-0.05, 0) is 30.1 Å². The predicted octanol–water partition coefficient (Wildman–Crippen LogP) is 3.49. The van der Waals surface area contributed by atoms with Crippen molar-refractivity contribution in [2.24, 2.45) is 5.11 Å². The quantitative estimate of drug-likeness (QED) is 0.337. The van der Waals surface area contributed by atoms with Crippen molar-refractivity contribution in [2.75, 3.05) is 20.3 Å². The molecule has 0 aromatic carbocycles. The molecule has 0 N–H and O–H groups in total. The van der Waals surface area contributed by atoms with Gasteiger partial charge in [-0.2, -0.15) is 0 Å². The highest BCUT2D eigenvalue weighted by molar-refractivity contribution is 6.74. The van der Waals surface area contributed by atoms with Crippen molar-refractivity contribution in [3.63, 3.8) is 0 Å². The molecule has 1 rings (SSSR count). The first-order chi connectivity index (χ1) is 9.21. The molecule has 1 aliphatic rings. The zero-order valence-corrected chi connectivity index (χ0v) is 14.4. The number of rotatable bonds is 5. The first kappa shape index (κ1) is 17.5. The summed E-state index contributed by atoms with van der Waals surface area (Å²) in [6.07, 6.45) is 0.523. The van der Waals surface area contributed by atoms with Crippen molar-refractivity contribution < 1.29 is 13.9 Å². The second-order valence-electron chi connectivity index (χ2n) is 6.81. The average molecular weight is 301 g/mol. The highest BCUT2D eigenvalue weighted by atomic mass is 28.4. The number of nitrogens with zero attached hydrogens (tertiary/aromatic N) is 3. The Hall–Kier alpha value is -0.593. The molecular formula is C13H27N3O3Si. The Morgan fingerprint density at radius 1 is 1.40 bits per heavy atom. The van der Waals surface area contributed by atoms with E-state index in [1.54, 1.807) is 7.11 Å². The van der Waals surface area contributed by atoms with E-state index in [0.29, 0.717) is 19.6 Å². The Labute approximate surface area is 122 Å². The predicted molar refractivity (Wildman–Crippen MR) is 81.2 cm³/mol. The Balaban J connectivity index is 2.58. The molecule has 0 spiro atoms. The van der Waals surface area contributed by atoms with E-state index in [-0.39, 0.29) is 23.3 Å². The molecule has 1 aliphatic heterocycles. The van der Waals surface area contributed by atoms with E-state index in [4.69, 9.17) is 19.4 Å². The number of azide groups is 1. The molecule has 6 nitrogen and oxygen atoms in total. The summed E-state index contributed by atoms with van der Waals surface area (Å²) in [5.74, 6) is 0. The van der Waals surface area contributed by atoms with Crippen LogP contribution in [-0.4, -0.2) is 46.9 Å². The number of hydrogen-bond donors (Lipinski definition) is 0. The smallest absolute Gasteiger partial charge is 0.192 e. The van der Waals surface area contributed by atoms with Crippen LogP contribution in [0.25, 0.3) is 10.4 Å². The van der Waals surface area contributed by atoms with Crippen LogP contribution in [0.4, 0.5) is 0 Å². The molecular weight excluding hydrogens is 274 g/mol. The van der Waals surface area contributed by atoms with Crippen LogP contribution in [0, 0.1) is 0 Å². The molecule has 1 saturated heterocycles. The van der Waals surface area contributed by atoms with E-state index >= 15 is 0 Å². The van der Waals surface area contributed by atoms with Crippen LogP contribution in [0.3, 0.4) is 0 Å². The van der Waals surface area contributed by atoms with E-state index in [1.165, 1.54) is 0 Å². The lowest BCUT2D eigenvalue weighted by molar-refractivity contribution is -0.113. The SMILES string of the molecule is CO[C@@H]1C[C@@H](N=[N+]=[N-])CO[C@@H]1CO[Si](C)(C)C(C)(C)C. The van der Waals surface area contributed by atoms with Gasteiger partial charge < -0.3 is 13.9 Å². The Morgan fingerprint density at radius 3 is 2.55 bits per heavy atom. The van der Waals surface area contributed by atoms with Gasteiger partial charge >= 0.3 is 0 Å². The molecule has 7 heteroatoms. The van der Waals surface area contributed by atoms with Gasteiger partial charge in [-0.25, -0.2) is 0 Å². The Kier molecular flexibility index (Phi) is 6.03. The second-order valence-corrected chi connectivity index (χ2v) is 11.6. The summed E-state index contributed by atoms with van der Waals surface area (Å²) in [5, 5.41) is 3.89. The molecule has 1 fully saturated rings. The summed E-state index contributed by atoms with van der Waals surface area (Å²) >= 11 is 0. The van der Waals surface area contributed by atoms with E-state index in [1.807, 2.05) is 0 Å². The molecule has 1 heterocycles. The summed E-state index contributed by atoms with van der Waals surface area (Å²) in [6.45, 7) is 12.1. The maximum absolute atomic E-state index is 8.49. The lowest BCUT2D eigenvalue weighted by Gasteiger charge is -2.39. The van der Waals surface area contributed by atoms with E-state index in [9.17, 15) is 0 Å². The first-order valence-electron chi connectivity index (χ1n) is 7.04. The van der Waals surface area contributed by atoms with Crippen LogP contribution >= 0.6 is 0 Å². The third kappa shape index (κ3) is 4.46. The number of ether oxygens (including phenoxy) is 2. The minimum atomic E-state index is -1.78. The van der Waals surface area contributed by atoms with Gasteiger partial charge in [0.1, 0.15) is 6.10 Å². The maximum atomic E-state index is 8.49. The molecule has 0 bridgehead atoms. The van der Waals surface area contributed by atoms with Gasteiger partial charge in [0.2, 0.25) is 0 Å². The fraction of sp³-hybridized carbons (Fsp3) is 1.00. The topological polar surface area (TPSA) is 76.5 Å². The van der Waals surface area contributed by atoms with Crippen molar-refractivity contribution >= 4 is 8.32 Å². The minimum absolute atomic E-state index is 0.0796. The summed E-state index contributed by atoms with van der Waals surface area (Å²) in [6, 6.07) is -0.144. The molecule has 20 heavy (non-hydrogen) atoms. The van der Waals surface area contributed by atoms with Gasteiger partial charge in [0.05, 0.1) is 25.4 Å². The van der Waals surface area contributed by atoms with Crippen LogP contribution in [0.2, 0.25) is 18.1 Å².